The monoisotopic (exact) mass is 729 g/mol. The van der Waals surface area contributed by atoms with Gasteiger partial charge in [-0.05, 0) is 56.5 Å². The van der Waals surface area contributed by atoms with Crippen LogP contribution in [-0.4, -0.2) is 109 Å². The van der Waals surface area contributed by atoms with Gasteiger partial charge < -0.3 is 41.9 Å². The van der Waals surface area contributed by atoms with Crippen LogP contribution in [0.5, 0.6) is 0 Å². The van der Waals surface area contributed by atoms with Gasteiger partial charge in [-0.3, -0.25) is 24.2 Å². The molecule has 0 aliphatic carbocycles. The van der Waals surface area contributed by atoms with E-state index in [0.29, 0.717) is 79.3 Å². The molecule has 1 fully saturated rings. The van der Waals surface area contributed by atoms with Crippen LogP contribution in [-0.2, 0) is 14.4 Å². The minimum Gasteiger partial charge on any atom is -0.465 e. The summed E-state index contributed by atoms with van der Waals surface area (Å²) < 4.78 is 36.8. The van der Waals surface area contributed by atoms with Crippen molar-refractivity contribution >= 4 is 59.2 Å². The lowest BCUT2D eigenvalue weighted by atomic mass is 9.96. The second-order valence-corrected chi connectivity index (χ2v) is 12.4. The molecule has 1 atom stereocenters. The number of alkyl halides is 3. The molecular weight excluding hydrogens is 687 g/mol. The first-order valence-electron chi connectivity index (χ1n) is 16.7. The van der Waals surface area contributed by atoms with Gasteiger partial charge in [0.05, 0.1) is 17.6 Å². The van der Waals surface area contributed by atoms with E-state index in [4.69, 9.17) is 10.8 Å². The molecule has 0 saturated carbocycles. The molecule has 7 N–H and O–H groups in total. The van der Waals surface area contributed by atoms with E-state index < -0.39 is 18.2 Å². The number of carbonyl (C=O) groups excluding carboxylic acids is 4. The Morgan fingerprint density at radius 3 is 2.42 bits per heavy atom. The Balaban J connectivity index is 1.29. The Bertz CT molecular complexity index is 1670. The number of pyridine rings is 1. The minimum absolute atomic E-state index is 0.112. The van der Waals surface area contributed by atoms with Gasteiger partial charge in [0, 0.05) is 87.1 Å². The van der Waals surface area contributed by atoms with Crippen molar-refractivity contribution in [2.24, 2.45) is 16.6 Å². The molecule has 0 bridgehead atoms. The summed E-state index contributed by atoms with van der Waals surface area (Å²) in [5.74, 6) is -2.63. The summed E-state index contributed by atoms with van der Waals surface area (Å²) in [6.45, 7) is 3.20. The Kier molecular flexibility index (Phi) is 13.7. The van der Waals surface area contributed by atoms with Crippen LogP contribution in [0.2, 0.25) is 0 Å². The summed E-state index contributed by atoms with van der Waals surface area (Å²) in [6, 6.07) is 8.15. The second kappa shape index (κ2) is 18.1. The lowest BCUT2D eigenvalue weighted by Gasteiger charge is -2.32. The third kappa shape index (κ3) is 11.5. The average molecular weight is 730 g/mol. The van der Waals surface area contributed by atoms with Gasteiger partial charge in [-0.15, -0.1) is 0 Å². The molecule has 18 heteroatoms. The molecule has 1 unspecified atom stereocenters. The maximum Gasteiger partial charge on any atom is 0.471 e. The van der Waals surface area contributed by atoms with Crippen molar-refractivity contribution in [3.05, 3.63) is 53.2 Å². The Labute approximate surface area is 297 Å². The van der Waals surface area contributed by atoms with Crippen LogP contribution in [0.25, 0.3) is 6.08 Å². The number of hydrogen-bond acceptors (Lipinski definition) is 9. The van der Waals surface area contributed by atoms with Crippen molar-refractivity contribution in [3.8, 4) is 0 Å². The Morgan fingerprint density at radius 2 is 1.77 bits per heavy atom. The molecular formula is C34H42F3N9O6. The summed E-state index contributed by atoms with van der Waals surface area (Å²) in [5.41, 5.74) is 8.43. The highest BCUT2D eigenvalue weighted by Gasteiger charge is 2.38. The number of aliphatic imine (C=N–C) groups is 1. The highest BCUT2D eigenvalue weighted by molar-refractivity contribution is 6.06. The van der Waals surface area contributed by atoms with Crippen LogP contribution in [0, 0.1) is 5.92 Å². The molecule has 1 aromatic heterocycles. The maximum absolute atomic E-state index is 13.4. The van der Waals surface area contributed by atoms with Crippen LogP contribution in [0.4, 0.5) is 35.2 Å². The van der Waals surface area contributed by atoms with Gasteiger partial charge in [0.1, 0.15) is 5.82 Å². The van der Waals surface area contributed by atoms with E-state index in [1.807, 2.05) is 4.90 Å². The first-order valence-corrected chi connectivity index (χ1v) is 16.7. The van der Waals surface area contributed by atoms with Crippen LogP contribution in [0.15, 0.2) is 47.1 Å². The van der Waals surface area contributed by atoms with E-state index in [1.165, 1.54) is 6.20 Å². The number of rotatable bonds is 14. The molecule has 1 saturated heterocycles. The molecule has 0 spiro atoms. The largest absolute Gasteiger partial charge is 0.471 e. The Morgan fingerprint density at radius 1 is 1.04 bits per heavy atom. The average Bonchev–Trinajstić information content (AvgIpc) is 3.33. The van der Waals surface area contributed by atoms with Crippen molar-refractivity contribution < 1.29 is 42.3 Å². The van der Waals surface area contributed by atoms with Crippen molar-refractivity contribution in [2.45, 2.75) is 44.8 Å². The lowest BCUT2D eigenvalue weighted by molar-refractivity contribution is -0.173. The van der Waals surface area contributed by atoms with E-state index >= 15 is 0 Å². The summed E-state index contributed by atoms with van der Waals surface area (Å²) in [6.07, 6.45) is 0.450. The predicted molar refractivity (Wildman–Crippen MR) is 187 cm³/mol. The van der Waals surface area contributed by atoms with Gasteiger partial charge in [-0.2, -0.15) is 13.2 Å². The number of benzene rings is 1. The fraction of sp³-hybridized carbons (Fsp3) is 0.441. The summed E-state index contributed by atoms with van der Waals surface area (Å²) >= 11 is 0. The van der Waals surface area contributed by atoms with Gasteiger partial charge in [0.15, 0.2) is 0 Å². The number of halogens is 3. The number of nitrogens with one attached hydrogen (secondary N) is 4. The van der Waals surface area contributed by atoms with Gasteiger partial charge in [0.25, 0.3) is 5.91 Å². The van der Waals surface area contributed by atoms with Crippen LogP contribution in [0.3, 0.4) is 0 Å². The van der Waals surface area contributed by atoms with Crippen molar-refractivity contribution in [2.75, 3.05) is 56.0 Å². The fourth-order valence-corrected chi connectivity index (χ4v) is 5.68. The molecule has 15 nitrogen and oxygen atoms in total. The van der Waals surface area contributed by atoms with E-state index in [9.17, 15) is 37.1 Å². The Hall–Kier alpha value is -5.52. The molecule has 2 aliphatic heterocycles. The van der Waals surface area contributed by atoms with E-state index in [2.05, 4.69) is 25.9 Å². The summed E-state index contributed by atoms with van der Waals surface area (Å²) in [5, 5.41) is 18.2. The highest BCUT2D eigenvalue weighted by atomic mass is 19.4. The van der Waals surface area contributed by atoms with Crippen molar-refractivity contribution in [1.82, 2.24) is 25.8 Å². The molecule has 3 heterocycles. The number of aromatic nitrogens is 1. The molecule has 2 aromatic rings. The number of hydrogen-bond donors (Lipinski definition) is 6. The quantitative estimate of drug-likeness (QED) is 0.158. The summed E-state index contributed by atoms with van der Waals surface area (Å²) in [7, 11) is 0. The number of fused-ring (bicyclic) bond motifs is 1. The second-order valence-electron chi connectivity index (χ2n) is 12.4. The molecule has 280 valence electrons. The SMILES string of the molecule is CC(N)CN(CCCNC(=O)O)C(=O)C1=Cc2ccc(C(=O)Nc3ccc(N4CCC(C(=O)NCCNC(=O)C(F)(F)F)CC4)nc3)cc2N=CC1. The van der Waals surface area contributed by atoms with Gasteiger partial charge in [0.2, 0.25) is 11.8 Å². The number of amides is 5. The smallest absolute Gasteiger partial charge is 0.465 e. The van der Waals surface area contributed by atoms with E-state index in [-0.39, 0.29) is 55.7 Å². The van der Waals surface area contributed by atoms with E-state index in [0.717, 1.165) is 0 Å². The first-order chi connectivity index (χ1) is 24.7. The van der Waals surface area contributed by atoms with Crippen LogP contribution >= 0.6 is 0 Å². The van der Waals surface area contributed by atoms with Gasteiger partial charge in [-0.25, -0.2) is 9.78 Å². The molecule has 5 amide bonds. The number of nitrogens with zero attached hydrogens (tertiary/aromatic N) is 4. The number of nitrogens with two attached hydrogens (primary N) is 1. The molecule has 0 radical (unpaired) electrons. The zero-order valence-corrected chi connectivity index (χ0v) is 28.5. The van der Waals surface area contributed by atoms with Crippen LogP contribution < -0.4 is 31.9 Å². The third-order valence-electron chi connectivity index (χ3n) is 8.28. The summed E-state index contributed by atoms with van der Waals surface area (Å²) in [4.78, 5) is 73.2. The topological polar surface area (TPSA) is 211 Å². The zero-order chi connectivity index (χ0) is 37.8. The number of carbonyl (C=O) groups is 5. The standard InChI is InChI=1S/C34H42F3N9O6/c1-21(38)20-46(14-2-10-42-33(51)52)31(49)25-7-11-39-27-18-24(4-3-23(27)17-25)30(48)44-26-5-6-28(43-19-26)45-15-8-22(9-16-45)29(47)40-12-13-41-32(50)34(35,36)37/h3-6,11,17-19,21-22,42H,2,7-10,12-16,20,38H2,1H3,(H,40,47)(H,41,50)(H,44,48)(H,51,52). The van der Waals surface area contributed by atoms with Crippen molar-refractivity contribution in [3.63, 3.8) is 0 Å². The third-order valence-corrected chi connectivity index (χ3v) is 8.28. The molecule has 1 aromatic carbocycles. The molecule has 2 aliphatic rings. The fourth-order valence-electron chi connectivity index (χ4n) is 5.68. The number of carboxylic acid groups (broad SMARTS) is 1. The van der Waals surface area contributed by atoms with Gasteiger partial charge >= 0.3 is 18.2 Å². The highest BCUT2D eigenvalue weighted by Crippen LogP contribution is 2.28. The number of anilines is 2. The maximum atomic E-state index is 13.4. The first kappa shape index (κ1) is 39.3. The predicted octanol–water partition coefficient (Wildman–Crippen LogP) is 2.67. The number of piperidine rings is 1. The zero-order valence-electron chi connectivity index (χ0n) is 28.5. The van der Waals surface area contributed by atoms with E-state index in [1.54, 1.807) is 59.8 Å². The van der Waals surface area contributed by atoms with Gasteiger partial charge in [-0.1, -0.05) is 6.07 Å². The lowest BCUT2D eigenvalue weighted by Crippen LogP contribution is -2.44. The molecule has 4 rings (SSSR count). The normalized spacial score (nSPS) is 15.0. The molecule has 52 heavy (non-hydrogen) atoms. The minimum atomic E-state index is -4.97. The van der Waals surface area contributed by atoms with Crippen LogP contribution in [0.1, 0.15) is 48.5 Å². The van der Waals surface area contributed by atoms with Crippen molar-refractivity contribution in [1.29, 1.82) is 0 Å².